The first-order valence-corrected chi connectivity index (χ1v) is 14.2. The maximum atomic E-state index is 13.0. The molecule has 11 heteroatoms. The molecule has 2 aliphatic heterocycles. The van der Waals surface area contributed by atoms with Gasteiger partial charge in [0, 0.05) is 25.3 Å². The van der Waals surface area contributed by atoms with Crippen LogP contribution in [0, 0.1) is 6.92 Å². The van der Waals surface area contributed by atoms with Crippen molar-refractivity contribution in [2.24, 2.45) is 0 Å². The molecule has 38 heavy (non-hydrogen) atoms. The lowest BCUT2D eigenvalue weighted by Gasteiger charge is -2.26. The first-order chi connectivity index (χ1) is 18.1. The molecule has 1 N–H and O–H groups in total. The molecule has 1 saturated heterocycles. The third-order valence-corrected chi connectivity index (χ3v) is 8.61. The van der Waals surface area contributed by atoms with Crippen LogP contribution in [0.2, 0.25) is 0 Å². The van der Waals surface area contributed by atoms with Crippen LogP contribution < -0.4 is 5.32 Å². The quantitative estimate of drug-likeness (QED) is 0.381. The molecule has 2 aliphatic rings. The normalized spacial score (nSPS) is 15.9. The summed E-state index contributed by atoms with van der Waals surface area (Å²) in [5, 5.41) is 2.61. The summed E-state index contributed by atoms with van der Waals surface area (Å²) in [5.41, 5.74) is 1.36. The number of carbonyl (C=O) groups is 4. The van der Waals surface area contributed by atoms with Gasteiger partial charge in [-0.25, -0.2) is 13.2 Å². The lowest BCUT2D eigenvalue weighted by atomic mass is 10.1. The van der Waals surface area contributed by atoms with Gasteiger partial charge in [0.1, 0.15) is 0 Å². The highest BCUT2D eigenvalue weighted by molar-refractivity contribution is 7.89. The molecule has 2 aromatic rings. The lowest BCUT2D eigenvalue weighted by molar-refractivity contribution is -0.119. The number of nitrogens with zero attached hydrogens (tertiary/aromatic N) is 2. The second-order valence-corrected chi connectivity index (χ2v) is 11.4. The van der Waals surface area contributed by atoms with Crippen molar-refractivity contribution >= 4 is 39.4 Å². The van der Waals surface area contributed by atoms with Crippen molar-refractivity contribution in [2.45, 2.75) is 50.8 Å². The largest absolute Gasteiger partial charge is 0.452 e. The van der Waals surface area contributed by atoms with Gasteiger partial charge in [-0.3, -0.25) is 19.3 Å². The van der Waals surface area contributed by atoms with Gasteiger partial charge < -0.3 is 10.1 Å². The van der Waals surface area contributed by atoms with Crippen molar-refractivity contribution in [3.05, 3.63) is 58.7 Å². The number of aryl methyl sites for hydroxylation is 1. The van der Waals surface area contributed by atoms with E-state index in [1.165, 1.54) is 39.5 Å². The molecule has 0 aromatic heterocycles. The molecule has 2 heterocycles. The number of sulfonamides is 1. The molecular formula is C27H31N3O7S. The van der Waals surface area contributed by atoms with Crippen molar-refractivity contribution in [1.29, 1.82) is 0 Å². The van der Waals surface area contributed by atoms with Gasteiger partial charge in [-0.15, -0.1) is 0 Å². The van der Waals surface area contributed by atoms with Crippen molar-refractivity contribution in [1.82, 2.24) is 9.21 Å². The average Bonchev–Trinajstić information content (AvgIpc) is 3.16. The zero-order chi connectivity index (χ0) is 27.4. The second-order valence-electron chi connectivity index (χ2n) is 9.44. The van der Waals surface area contributed by atoms with Crippen molar-refractivity contribution in [3.63, 3.8) is 0 Å². The van der Waals surface area contributed by atoms with Crippen LogP contribution in [0.25, 0.3) is 0 Å². The molecule has 3 amide bonds. The monoisotopic (exact) mass is 541 g/mol. The number of anilines is 1. The number of amides is 3. The van der Waals surface area contributed by atoms with Crippen LogP contribution in [0.4, 0.5) is 5.69 Å². The Morgan fingerprint density at radius 3 is 2.39 bits per heavy atom. The summed E-state index contributed by atoms with van der Waals surface area (Å²) in [7, 11) is -3.68. The van der Waals surface area contributed by atoms with Crippen molar-refractivity contribution in [2.75, 3.05) is 31.6 Å². The SMILES string of the molecule is CCCCN1C(=O)c2ccc(C(=O)OCC(=O)Nc3cc(S(=O)(=O)N4CCCCC4)ccc3C)cc2C1=O. The fourth-order valence-electron chi connectivity index (χ4n) is 4.49. The fraction of sp³-hybridized carbons (Fsp3) is 0.407. The highest BCUT2D eigenvalue weighted by Crippen LogP contribution is 2.26. The number of imide groups is 1. The van der Waals surface area contributed by atoms with Crippen molar-refractivity contribution in [3.8, 4) is 0 Å². The summed E-state index contributed by atoms with van der Waals surface area (Å²) in [6, 6.07) is 8.64. The van der Waals surface area contributed by atoms with E-state index in [0.29, 0.717) is 37.3 Å². The van der Waals surface area contributed by atoms with Gasteiger partial charge >= 0.3 is 5.97 Å². The van der Waals surface area contributed by atoms with Gasteiger partial charge in [0.25, 0.3) is 17.7 Å². The van der Waals surface area contributed by atoms with E-state index in [2.05, 4.69) is 5.32 Å². The number of unbranched alkanes of at least 4 members (excludes halogenated alkanes) is 1. The number of hydrogen-bond acceptors (Lipinski definition) is 7. The first-order valence-electron chi connectivity index (χ1n) is 12.7. The number of hydrogen-bond donors (Lipinski definition) is 1. The van der Waals surface area contributed by atoms with Crippen molar-refractivity contribution < 1.29 is 32.3 Å². The molecule has 10 nitrogen and oxygen atoms in total. The summed E-state index contributed by atoms with van der Waals surface area (Å²) in [6.45, 7) is 4.31. The highest BCUT2D eigenvalue weighted by atomic mass is 32.2. The number of carbonyl (C=O) groups excluding carboxylic acids is 4. The maximum Gasteiger partial charge on any atom is 0.338 e. The zero-order valence-corrected chi connectivity index (χ0v) is 22.3. The number of piperidine rings is 1. The van der Waals surface area contributed by atoms with E-state index in [4.69, 9.17) is 4.74 Å². The summed E-state index contributed by atoms with van der Waals surface area (Å²) < 4.78 is 32.6. The topological polar surface area (TPSA) is 130 Å². The van der Waals surface area contributed by atoms with Gasteiger partial charge in [-0.1, -0.05) is 25.8 Å². The van der Waals surface area contributed by atoms with Crippen LogP contribution in [-0.2, 0) is 19.6 Å². The van der Waals surface area contributed by atoms with Crippen LogP contribution in [0.15, 0.2) is 41.3 Å². The second kappa shape index (κ2) is 11.4. The van der Waals surface area contributed by atoms with Crippen LogP contribution in [-0.4, -0.2) is 67.6 Å². The van der Waals surface area contributed by atoms with Gasteiger partial charge in [0.05, 0.1) is 21.6 Å². The van der Waals surface area contributed by atoms with Gasteiger partial charge in [0.15, 0.2) is 6.61 Å². The number of esters is 1. The Kier molecular flexibility index (Phi) is 8.27. The molecular weight excluding hydrogens is 510 g/mol. The van der Waals surface area contributed by atoms with E-state index >= 15 is 0 Å². The molecule has 0 radical (unpaired) electrons. The Morgan fingerprint density at radius 2 is 1.68 bits per heavy atom. The van der Waals surface area contributed by atoms with E-state index in [9.17, 15) is 27.6 Å². The third kappa shape index (κ3) is 5.63. The van der Waals surface area contributed by atoms with E-state index < -0.39 is 40.3 Å². The third-order valence-electron chi connectivity index (χ3n) is 6.71. The minimum absolute atomic E-state index is 0.0424. The minimum atomic E-state index is -3.68. The number of benzene rings is 2. The molecule has 4 rings (SSSR count). The van der Waals surface area contributed by atoms with E-state index in [-0.39, 0.29) is 21.6 Å². The molecule has 202 valence electrons. The van der Waals surface area contributed by atoms with Gasteiger partial charge in [-0.05, 0) is 62.1 Å². The van der Waals surface area contributed by atoms with Gasteiger partial charge in [0.2, 0.25) is 10.0 Å². The fourth-order valence-corrected chi connectivity index (χ4v) is 6.03. The molecule has 0 atom stereocenters. The molecule has 1 fully saturated rings. The molecule has 0 bridgehead atoms. The summed E-state index contributed by atoms with van der Waals surface area (Å²) in [4.78, 5) is 51.5. The average molecular weight is 542 g/mol. The highest BCUT2D eigenvalue weighted by Gasteiger charge is 2.35. The Balaban J connectivity index is 1.39. The lowest BCUT2D eigenvalue weighted by Crippen LogP contribution is -2.35. The summed E-state index contributed by atoms with van der Waals surface area (Å²) in [6.07, 6.45) is 4.13. The Labute approximate surface area is 222 Å². The standard InChI is InChI=1S/C27H31N3O7S/c1-3-4-14-30-25(32)21-11-9-19(15-22(21)26(30)33)27(34)37-17-24(31)28-23-16-20(10-8-18(23)2)38(35,36)29-12-6-5-7-13-29/h8-11,15-16H,3-7,12-14,17H2,1-2H3,(H,28,31). The Bertz CT molecular complexity index is 1380. The van der Waals surface area contributed by atoms with Crippen LogP contribution in [0.5, 0.6) is 0 Å². The smallest absolute Gasteiger partial charge is 0.338 e. The van der Waals surface area contributed by atoms with Gasteiger partial charge in [-0.2, -0.15) is 4.31 Å². The minimum Gasteiger partial charge on any atom is -0.452 e. The first kappa shape index (κ1) is 27.5. The van der Waals surface area contributed by atoms with Crippen LogP contribution in [0.1, 0.15) is 75.7 Å². The number of ether oxygens (including phenoxy) is 1. The predicted molar refractivity (Wildman–Crippen MR) is 139 cm³/mol. The van der Waals surface area contributed by atoms with Crippen LogP contribution in [0.3, 0.4) is 0 Å². The summed E-state index contributed by atoms with van der Waals surface area (Å²) in [5.74, 6) is -2.32. The van der Waals surface area contributed by atoms with E-state index in [0.717, 1.165) is 25.7 Å². The number of nitrogens with one attached hydrogen (secondary N) is 1. The molecule has 0 unspecified atom stereocenters. The molecule has 2 aromatic carbocycles. The van der Waals surface area contributed by atoms with E-state index in [1.54, 1.807) is 13.0 Å². The maximum absolute atomic E-state index is 13.0. The van der Waals surface area contributed by atoms with Crippen LogP contribution >= 0.6 is 0 Å². The number of rotatable bonds is 9. The zero-order valence-electron chi connectivity index (χ0n) is 21.5. The number of fused-ring (bicyclic) bond motifs is 1. The van der Waals surface area contributed by atoms with E-state index in [1.807, 2.05) is 6.92 Å². The molecule has 0 spiro atoms. The predicted octanol–water partition coefficient (Wildman–Crippen LogP) is 3.36. The Morgan fingerprint density at radius 1 is 0.974 bits per heavy atom. The Hall–Kier alpha value is -3.57. The molecule has 0 aliphatic carbocycles. The summed E-state index contributed by atoms with van der Waals surface area (Å²) >= 11 is 0. The molecule has 0 saturated carbocycles.